The molecule has 0 aliphatic rings. The van der Waals surface area contributed by atoms with Gasteiger partial charge in [0.25, 0.3) is 0 Å². The number of nitrogens with two attached hydrogens (primary N) is 1. The molecule has 0 fully saturated rings. The maximum absolute atomic E-state index is 13.3. The van der Waals surface area contributed by atoms with E-state index in [1.807, 2.05) is 37.3 Å². The van der Waals surface area contributed by atoms with Gasteiger partial charge in [-0.05, 0) is 36.8 Å². The molecule has 2 aromatic carbocycles. The van der Waals surface area contributed by atoms with Gasteiger partial charge in [-0.1, -0.05) is 18.2 Å². The quantitative estimate of drug-likeness (QED) is 0.927. The summed E-state index contributed by atoms with van der Waals surface area (Å²) in [5.41, 5.74) is 7.66. The molecule has 0 aliphatic carbocycles. The highest BCUT2D eigenvalue weighted by Gasteiger charge is 2.08. The summed E-state index contributed by atoms with van der Waals surface area (Å²) in [5.74, 6) is 0.230. The predicted molar refractivity (Wildman–Crippen MR) is 74.5 cm³/mol. The van der Waals surface area contributed by atoms with Crippen molar-refractivity contribution in [1.29, 1.82) is 5.26 Å². The first-order chi connectivity index (χ1) is 9.60. The first-order valence-corrected chi connectivity index (χ1v) is 6.27. The summed E-state index contributed by atoms with van der Waals surface area (Å²) >= 11 is 0. The van der Waals surface area contributed by atoms with Crippen LogP contribution < -0.4 is 10.5 Å². The van der Waals surface area contributed by atoms with Crippen molar-refractivity contribution in [3.8, 4) is 11.8 Å². The molecule has 0 amide bonds. The molecule has 1 atom stereocenters. The number of halogens is 1. The Morgan fingerprint density at radius 1 is 1.30 bits per heavy atom. The number of ether oxygens (including phenoxy) is 1. The van der Waals surface area contributed by atoms with Crippen LogP contribution in [0.15, 0.2) is 42.5 Å². The fraction of sp³-hybridized carbons (Fsp3) is 0.188. The van der Waals surface area contributed by atoms with Crippen LogP contribution in [0.3, 0.4) is 0 Å². The van der Waals surface area contributed by atoms with Crippen LogP contribution in [0.25, 0.3) is 0 Å². The van der Waals surface area contributed by atoms with Crippen molar-refractivity contribution in [3.05, 3.63) is 65.0 Å². The first kappa shape index (κ1) is 14.0. The van der Waals surface area contributed by atoms with Crippen LogP contribution in [0.5, 0.6) is 5.75 Å². The lowest BCUT2D eigenvalue weighted by atomic mass is 10.1. The van der Waals surface area contributed by atoms with Gasteiger partial charge in [0.05, 0.1) is 11.6 Å². The van der Waals surface area contributed by atoms with Gasteiger partial charge in [0.15, 0.2) is 0 Å². The number of benzene rings is 2. The van der Waals surface area contributed by atoms with Crippen LogP contribution in [0.2, 0.25) is 0 Å². The minimum absolute atomic E-state index is 0.145. The maximum Gasteiger partial charge on any atom is 0.124 e. The van der Waals surface area contributed by atoms with Gasteiger partial charge in [-0.3, -0.25) is 0 Å². The van der Waals surface area contributed by atoms with Crippen molar-refractivity contribution in [1.82, 2.24) is 0 Å². The Labute approximate surface area is 117 Å². The average molecular weight is 270 g/mol. The van der Waals surface area contributed by atoms with Gasteiger partial charge < -0.3 is 10.5 Å². The molecule has 0 aromatic heterocycles. The van der Waals surface area contributed by atoms with Gasteiger partial charge >= 0.3 is 0 Å². The Kier molecular flexibility index (Phi) is 4.34. The number of hydrogen-bond acceptors (Lipinski definition) is 3. The van der Waals surface area contributed by atoms with Crippen LogP contribution in [-0.2, 0) is 6.61 Å². The number of para-hydroxylation sites is 1. The molecule has 0 saturated heterocycles. The summed E-state index contributed by atoms with van der Waals surface area (Å²) in [6.45, 7) is 2.06. The zero-order valence-electron chi connectivity index (χ0n) is 11.1. The third-order valence-corrected chi connectivity index (χ3v) is 2.89. The van der Waals surface area contributed by atoms with Crippen molar-refractivity contribution < 1.29 is 9.13 Å². The van der Waals surface area contributed by atoms with Crippen LogP contribution >= 0.6 is 0 Å². The van der Waals surface area contributed by atoms with E-state index in [1.54, 1.807) is 6.07 Å². The molecular weight excluding hydrogens is 255 g/mol. The van der Waals surface area contributed by atoms with Gasteiger partial charge in [0, 0.05) is 11.6 Å². The monoisotopic (exact) mass is 270 g/mol. The summed E-state index contributed by atoms with van der Waals surface area (Å²) in [7, 11) is 0. The highest BCUT2D eigenvalue weighted by molar-refractivity contribution is 5.37. The lowest BCUT2D eigenvalue weighted by Gasteiger charge is -2.14. The van der Waals surface area contributed by atoms with Gasteiger partial charge in [-0.15, -0.1) is 0 Å². The fourth-order valence-corrected chi connectivity index (χ4v) is 1.95. The number of nitriles is 1. The predicted octanol–water partition coefficient (Wildman–Crippen LogP) is 3.30. The standard InChI is InChI=1S/C16H15FN2O/c1-11(19)15-4-2-3-5-16(15)20-10-13-6-12(9-18)7-14(17)8-13/h2-8,11H,10,19H2,1H3. The Morgan fingerprint density at radius 2 is 2.05 bits per heavy atom. The van der Waals surface area contributed by atoms with Crippen LogP contribution in [0.4, 0.5) is 4.39 Å². The second-order valence-electron chi connectivity index (χ2n) is 4.58. The zero-order valence-corrected chi connectivity index (χ0v) is 11.1. The van der Waals surface area contributed by atoms with Crippen molar-refractivity contribution in [2.75, 3.05) is 0 Å². The van der Waals surface area contributed by atoms with E-state index in [9.17, 15) is 4.39 Å². The summed E-state index contributed by atoms with van der Waals surface area (Å²) in [6.07, 6.45) is 0. The minimum Gasteiger partial charge on any atom is -0.489 e. The van der Waals surface area contributed by atoms with Crippen molar-refractivity contribution in [2.45, 2.75) is 19.6 Å². The molecule has 3 nitrogen and oxygen atoms in total. The van der Waals surface area contributed by atoms with Gasteiger partial charge in [-0.25, -0.2) is 4.39 Å². The number of nitrogens with zero attached hydrogens (tertiary/aromatic N) is 1. The van der Waals surface area contributed by atoms with E-state index in [4.69, 9.17) is 15.7 Å². The summed E-state index contributed by atoms with van der Waals surface area (Å²) in [4.78, 5) is 0. The molecule has 0 aliphatic heterocycles. The summed E-state index contributed by atoms with van der Waals surface area (Å²) in [6, 6.07) is 13.4. The highest BCUT2D eigenvalue weighted by atomic mass is 19.1. The topological polar surface area (TPSA) is 59.0 Å². The van der Waals surface area contributed by atoms with Gasteiger partial charge in [0.2, 0.25) is 0 Å². The first-order valence-electron chi connectivity index (χ1n) is 6.27. The van der Waals surface area contributed by atoms with Crippen molar-refractivity contribution >= 4 is 0 Å². The Morgan fingerprint density at radius 3 is 2.75 bits per heavy atom. The maximum atomic E-state index is 13.3. The summed E-state index contributed by atoms with van der Waals surface area (Å²) < 4.78 is 19.0. The van der Waals surface area contributed by atoms with E-state index >= 15 is 0 Å². The minimum atomic E-state index is -0.442. The van der Waals surface area contributed by atoms with Gasteiger partial charge in [-0.2, -0.15) is 5.26 Å². The number of hydrogen-bond donors (Lipinski definition) is 1. The van der Waals surface area contributed by atoms with E-state index in [1.165, 1.54) is 12.1 Å². The van der Waals surface area contributed by atoms with Crippen molar-refractivity contribution in [2.24, 2.45) is 5.73 Å². The molecule has 2 aromatic rings. The summed E-state index contributed by atoms with van der Waals surface area (Å²) in [5, 5.41) is 8.81. The molecule has 0 saturated carbocycles. The second kappa shape index (κ2) is 6.18. The lowest BCUT2D eigenvalue weighted by molar-refractivity contribution is 0.301. The van der Waals surface area contributed by atoms with Gasteiger partial charge in [0.1, 0.15) is 18.2 Å². The number of rotatable bonds is 4. The molecule has 0 heterocycles. The molecule has 2 N–H and O–H groups in total. The van der Waals surface area contributed by atoms with E-state index in [0.29, 0.717) is 11.3 Å². The van der Waals surface area contributed by atoms with Crippen LogP contribution in [-0.4, -0.2) is 0 Å². The zero-order chi connectivity index (χ0) is 14.5. The van der Waals surface area contributed by atoms with Crippen LogP contribution in [0, 0.1) is 17.1 Å². The molecule has 0 spiro atoms. The smallest absolute Gasteiger partial charge is 0.124 e. The molecule has 0 bridgehead atoms. The molecule has 0 radical (unpaired) electrons. The third kappa shape index (κ3) is 3.34. The SMILES string of the molecule is CC(N)c1ccccc1OCc1cc(F)cc(C#N)c1. The highest BCUT2D eigenvalue weighted by Crippen LogP contribution is 2.24. The molecular formula is C16H15FN2O. The fourth-order valence-electron chi connectivity index (χ4n) is 1.95. The van der Waals surface area contributed by atoms with E-state index in [2.05, 4.69) is 0 Å². The third-order valence-electron chi connectivity index (χ3n) is 2.89. The Hall–Kier alpha value is -2.38. The lowest BCUT2D eigenvalue weighted by Crippen LogP contribution is -2.08. The largest absolute Gasteiger partial charge is 0.489 e. The molecule has 2 rings (SSSR count). The molecule has 1 unspecified atom stereocenters. The van der Waals surface area contributed by atoms with Crippen molar-refractivity contribution in [3.63, 3.8) is 0 Å². The normalized spacial score (nSPS) is 11.7. The second-order valence-corrected chi connectivity index (χ2v) is 4.58. The van der Waals surface area contributed by atoms with E-state index in [0.717, 1.165) is 5.56 Å². The van der Waals surface area contributed by atoms with E-state index < -0.39 is 5.82 Å². The Bertz CT molecular complexity index is 647. The Balaban J connectivity index is 2.17. The van der Waals surface area contributed by atoms with Crippen LogP contribution in [0.1, 0.15) is 29.7 Å². The molecule has 102 valence electrons. The van der Waals surface area contributed by atoms with E-state index in [-0.39, 0.29) is 18.2 Å². The molecule has 20 heavy (non-hydrogen) atoms. The average Bonchev–Trinajstić information content (AvgIpc) is 2.44. The molecule has 4 heteroatoms.